The van der Waals surface area contributed by atoms with Crippen molar-refractivity contribution in [2.75, 3.05) is 19.0 Å². The van der Waals surface area contributed by atoms with E-state index in [-0.39, 0.29) is 23.8 Å². The zero-order valence-corrected chi connectivity index (χ0v) is 17.6. The molecule has 158 valence electrons. The van der Waals surface area contributed by atoms with Gasteiger partial charge in [-0.1, -0.05) is 30.4 Å². The lowest BCUT2D eigenvalue weighted by atomic mass is 9.54. The van der Waals surface area contributed by atoms with Gasteiger partial charge < -0.3 is 15.2 Å². The van der Waals surface area contributed by atoms with Gasteiger partial charge in [-0.2, -0.15) is 0 Å². The summed E-state index contributed by atoms with van der Waals surface area (Å²) in [6.45, 7) is 4.24. The number of carbonyl (C=O) groups excluding carboxylic acids is 2. The van der Waals surface area contributed by atoms with Gasteiger partial charge in [0, 0.05) is 41.8 Å². The number of hydrogen-bond acceptors (Lipinski definition) is 6. The van der Waals surface area contributed by atoms with Gasteiger partial charge in [-0.05, 0) is 38.3 Å². The summed E-state index contributed by atoms with van der Waals surface area (Å²) >= 11 is 0. The first-order valence-corrected chi connectivity index (χ1v) is 10.7. The maximum Gasteiger partial charge on any atom is 0.335 e. The number of hydrogen-bond donors (Lipinski definition) is 2. The van der Waals surface area contributed by atoms with E-state index in [2.05, 4.69) is 28.4 Å². The summed E-state index contributed by atoms with van der Waals surface area (Å²) < 4.78 is 5.18. The molecule has 0 radical (unpaired) electrons. The van der Waals surface area contributed by atoms with Crippen LogP contribution >= 0.6 is 0 Å². The summed E-state index contributed by atoms with van der Waals surface area (Å²) in [5, 5.41) is 14.6. The van der Waals surface area contributed by atoms with Crippen molar-refractivity contribution in [3.8, 4) is 0 Å². The number of para-hydroxylation sites is 1. The summed E-state index contributed by atoms with van der Waals surface area (Å²) in [7, 11) is 1.41. The second kappa shape index (κ2) is 6.53. The zero-order chi connectivity index (χ0) is 21.3. The van der Waals surface area contributed by atoms with Crippen LogP contribution in [0.3, 0.4) is 0 Å². The zero-order valence-electron chi connectivity index (χ0n) is 17.6. The number of nitrogens with zero attached hydrogens (tertiary/aromatic N) is 1. The molecular formula is C24H28N2O4. The Morgan fingerprint density at radius 1 is 1.37 bits per heavy atom. The van der Waals surface area contributed by atoms with Crippen molar-refractivity contribution in [3.05, 3.63) is 53.3 Å². The molecule has 1 aromatic carbocycles. The van der Waals surface area contributed by atoms with Crippen molar-refractivity contribution < 1.29 is 19.4 Å². The number of ketones is 1. The maximum absolute atomic E-state index is 12.9. The number of fused-ring (bicyclic) bond motifs is 1. The van der Waals surface area contributed by atoms with Gasteiger partial charge in [0.1, 0.15) is 5.78 Å². The number of esters is 1. The van der Waals surface area contributed by atoms with Crippen molar-refractivity contribution in [2.24, 2.45) is 5.41 Å². The number of methoxy groups -OCH3 is 1. The Kier molecular flexibility index (Phi) is 4.25. The van der Waals surface area contributed by atoms with Crippen LogP contribution in [0.4, 0.5) is 5.69 Å². The highest BCUT2D eigenvalue weighted by Gasteiger charge is 2.68. The van der Waals surface area contributed by atoms with Gasteiger partial charge in [0.15, 0.2) is 0 Å². The summed E-state index contributed by atoms with van der Waals surface area (Å²) in [6.07, 6.45) is 5.17. The van der Waals surface area contributed by atoms with E-state index in [0.29, 0.717) is 18.4 Å². The number of anilines is 1. The molecule has 5 rings (SSSR count). The molecule has 0 bridgehead atoms. The molecule has 1 aromatic rings. The highest BCUT2D eigenvalue weighted by Crippen LogP contribution is 2.64. The Labute approximate surface area is 176 Å². The predicted octanol–water partition coefficient (Wildman–Crippen LogP) is 2.54. The van der Waals surface area contributed by atoms with Crippen LogP contribution in [0.25, 0.3) is 0 Å². The molecular weight excluding hydrogens is 380 g/mol. The fourth-order valence-corrected chi connectivity index (χ4v) is 6.56. The van der Waals surface area contributed by atoms with Crippen LogP contribution in [-0.2, 0) is 19.7 Å². The van der Waals surface area contributed by atoms with E-state index < -0.39 is 16.9 Å². The predicted molar refractivity (Wildman–Crippen MR) is 113 cm³/mol. The van der Waals surface area contributed by atoms with E-state index in [4.69, 9.17) is 4.74 Å². The van der Waals surface area contributed by atoms with Gasteiger partial charge in [-0.3, -0.25) is 9.69 Å². The highest BCUT2D eigenvalue weighted by molar-refractivity contribution is 5.93. The van der Waals surface area contributed by atoms with E-state index in [9.17, 15) is 14.7 Å². The molecule has 6 nitrogen and oxygen atoms in total. The third kappa shape index (κ3) is 2.32. The molecule has 1 saturated heterocycles. The van der Waals surface area contributed by atoms with Gasteiger partial charge in [-0.15, -0.1) is 0 Å². The van der Waals surface area contributed by atoms with Gasteiger partial charge in [-0.25, -0.2) is 4.79 Å². The average Bonchev–Trinajstić information content (AvgIpc) is 3.29. The molecule has 4 aliphatic rings. The lowest BCUT2D eigenvalue weighted by Gasteiger charge is -2.56. The summed E-state index contributed by atoms with van der Waals surface area (Å²) in [5.41, 5.74) is 2.63. The first-order chi connectivity index (χ1) is 14.3. The Hall–Kier alpha value is -2.44. The van der Waals surface area contributed by atoms with Crippen LogP contribution in [0.2, 0.25) is 0 Å². The first-order valence-electron chi connectivity index (χ1n) is 10.7. The van der Waals surface area contributed by atoms with E-state index in [1.54, 1.807) is 6.92 Å². The van der Waals surface area contributed by atoms with Crippen molar-refractivity contribution in [1.29, 1.82) is 0 Å². The quantitative estimate of drug-likeness (QED) is 0.589. The Morgan fingerprint density at radius 3 is 2.83 bits per heavy atom. The second-order valence-corrected chi connectivity index (χ2v) is 9.18. The largest absolute Gasteiger partial charge is 0.466 e. The summed E-state index contributed by atoms with van der Waals surface area (Å²) in [6, 6.07) is 8.16. The van der Waals surface area contributed by atoms with Crippen LogP contribution in [0.5, 0.6) is 0 Å². The minimum Gasteiger partial charge on any atom is -0.466 e. The molecule has 2 N–H and O–H groups in total. The molecule has 3 heterocycles. The van der Waals surface area contributed by atoms with Crippen LogP contribution in [0, 0.1) is 5.41 Å². The lowest BCUT2D eigenvalue weighted by Crippen LogP contribution is -2.64. The number of aliphatic hydroxyl groups excluding tert-OH is 1. The van der Waals surface area contributed by atoms with Crippen LogP contribution in [-0.4, -0.2) is 53.6 Å². The number of ether oxygens (including phenoxy) is 1. The minimum absolute atomic E-state index is 0.00689. The summed E-state index contributed by atoms with van der Waals surface area (Å²) in [4.78, 5) is 27.3. The lowest BCUT2D eigenvalue weighted by molar-refractivity contribution is -0.137. The number of carbonyl (C=O) groups is 2. The van der Waals surface area contributed by atoms with E-state index in [0.717, 1.165) is 29.9 Å². The van der Waals surface area contributed by atoms with E-state index in [1.165, 1.54) is 7.11 Å². The van der Waals surface area contributed by atoms with Crippen molar-refractivity contribution in [2.45, 2.75) is 56.7 Å². The topological polar surface area (TPSA) is 78.9 Å². The summed E-state index contributed by atoms with van der Waals surface area (Å²) in [5.74, 6) is -0.192. The molecule has 5 atom stereocenters. The average molecular weight is 408 g/mol. The van der Waals surface area contributed by atoms with Gasteiger partial charge >= 0.3 is 5.97 Å². The molecule has 1 spiro atoms. The van der Waals surface area contributed by atoms with Crippen LogP contribution < -0.4 is 5.32 Å². The molecule has 0 aromatic heterocycles. The smallest absolute Gasteiger partial charge is 0.335 e. The van der Waals surface area contributed by atoms with E-state index >= 15 is 0 Å². The first kappa shape index (κ1) is 19.5. The minimum atomic E-state index is -0.663. The third-order valence-corrected chi connectivity index (χ3v) is 7.73. The monoisotopic (exact) mass is 408 g/mol. The normalized spacial score (nSPS) is 34.7. The number of Topliss-reactive ketones (excluding diaryl/α,β-unsaturated/α-hetero) is 1. The standard InChI is InChI=1S/C24H28N2O4/c1-14(27)12-16-8-9-23(15(2)28)13-17(21(29)30-3)20-24(10-11-26(16)22(23)24)18-6-4-5-7-19(18)25-20/h4-9,15-16,22,25,28H,10-13H2,1-3H3/t15-,16+,22+,23+,24+/m1/s1. The maximum atomic E-state index is 12.9. The van der Waals surface area contributed by atoms with Crippen molar-refractivity contribution in [3.63, 3.8) is 0 Å². The van der Waals surface area contributed by atoms with Gasteiger partial charge in [0.25, 0.3) is 0 Å². The molecule has 6 heteroatoms. The number of rotatable bonds is 4. The molecule has 30 heavy (non-hydrogen) atoms. The number of benzene rings is 1. The molecule has 3 aliphatic heterocycles. The van der Waals surface area contributed by atoms with Crippen LogP contribution in [0.15, 0.2) is 47.7 Å². The Balaban J connectivity index is 1.79. The van der Waals surface area contributed by atoms with Crippen molar-refractivity contribution in [1.82, 2.24) is 4.90 Å². The highest BCUT2D eigenvalue weighted by atomic mass is 16.5. The van der Waals surface area contributed by atoms with Crippen molar-refractivity contribution >= 4 is 17.4 Å². The molecule has 1 fully saturated rings. The Morgan fingerprint density at radius 2 is 2.13 bits per heavy atom. The second-order valence-electron chi connectivity index (χ2n) is 9.18. The fraction of sp³-hybridized carbons (Fsp3) is 0.500. The van der Waals surface area contributed by atoms with E-state index in [1.807, 2.05) is 25.1 Å². The molecule has 0 amide bonds. The number of aliphatic hydroxyl groups is 1. The Bertz CT molecular complexity index is 997. The van der Waals surface area contributed by atoms with Gasteiger partial charge in [0.2, 0.25) is 0 Å². The molecule has 1 aliphatic carbocycles. The molecule has 0 saturated carbocycles. The SMILES string of the molecule is COC(=O)C1=C2Nc3ccccc3[C@@]23CCN2[C@H](CC(C)=O)C=C[C@@]([C@@H](C)O)(C1)[C@H]23. The number of nitrogens with one attached hydrogen (secondary N) is 1. The van der Waals surface area contributed by atoms with Gasteiger partial charge in [0.05, 0.1) is 24.2 Å². The fourth-order valence-electron chi connectivity index (χ4n) is 6.56. The molecule has 0 unspecified atom stereocenters. The van der Waals surface area contributed by atoms with Crippen LogP contribution in [0.1, 0.15) is 38.7 Å². The third-order valence-electron chi connectivity index (χ3n) is 7.73.